The van der Waals surface area contributed by atoms with Gasteiger partial charge in [0.25, 0.3) is 0 Å². The number of hydrogen-bond donors (Lipinski definition) is 1. The van der Waals surface area contributed by atoms with Crippen LogP contribution in [0.2, 0.25) is 0 Å². The van der Waals surface area contributed by atoms with Crippen molar-refractivity contribution in [2.24, 2.45) is 0 Å². The molecule has 0 aliphatic rings. The van der Waals surface area contributed by atoms with Crippen LogP contribution in [-0.4, -0.2) is 14.2 Å². The summed E-state index contributed by atoms with van der Waals surface area (Å²) in [6.45, 7) is 0.343. The van der Waals surface area contributed by atoms with E-state index in [1.165, 1.54) is 11.3 Å². The molecule has 0 radical (unpaired) electrons. The molecule has 0 unspecified atom stereocenters. The fourth-order valence-corrected chi connectivity index (χ4v) is 4.13. The summed E-state index contributed by atoms with van der Waals surface area (Å²) in [5.41, 5.74) is 1.03. The Morgan fingerprint density at radius 2 is 1.89 bits per heavy atom. The molecule has 1 heterocycles. The van der Waals surface area contributed by atoms with E-state index < -0.39 is 10.0 Å². The minimum absolute atomic E-state index is 0.111. The highest BCUT2D eigenvalue weighted by Crippen LogP contribution is 2.22. The molecule has 2 aromatic rings. The van der Waals surface area contributed by atoms with E-state index in [0.717, 1.165) is 14.9 Å². The molecular formula is C13H14BrNO2S2. The molecule has 0 saturated heterocycles. The zero-order chi connectivity index (χ0) is 13.7. The van der Waals surface area contributed by atoms with Crippen molar-refractivity contribution in [3.63, 3.8) is 0 Å². The third-order valence-electron chi connectivity index (χ3n) is 2.65. The predicted molar refractivity (Wildman–Crippen MR) is 82.8 cm³/mol. The summed E-state index contributed by atoms with van der Waals surface area (Å²) < 4.78 is 27.3. The Morgan fingerprint density at radius 1 is 1.16 bits per heavy atom. The maximum Gasteiger partial charge on any atom is 0.212 e. The van der Waals surface area contributed by atoms with Crippen LogP contribution in [0.25, 0.3) is 0 Å². The maximum atomic E-state index is 11.9. The van der Waals surface area contributed by atoms with Gasteiger partial charge in [-0.1, -0.05) is 30.3 Å². The quantitative estimate of drug-likeness (QED) is 0.860. The first-order chi connectivity index (χ1) is 9.07. The molecule has 1 aromatic heterocycles. The second kappa shape index (κ2) is 6.65. The number of thiophene rings is 1. The van der Waals surface area contributed by atoms with E-state index in [-0.39, 0.29) is 5.75 Å². The molecule has 0 aliphatic heterocycles. The monoisotopic (exact) mass is 359 g/mol. The van der Waals surface area contributed by atoms with Crippen molar-refractivity contribution in [1.82, 2.24) is 4.72 Å². The zero-order valence-corrected chi connectivity index (χ0v) is 13.4. The van der Waals surface area contributed by atoms with E-state index in [9.17, 15) is 8.42 Å². The highest BCUT2D eigenvalue weighted by molar-refractivity contribution is 9.10. The molecule has 1 aromatic carbocycles. The number of nitrogens with one attached hydrogen (secondary N) is 1. The van der Waals surface area contributed by atoms with Crippen LogP contribution in [0.15, 0.2) is 46.3 Å². The van der Waals surface area contributed by atoms with Gasteiger partial charge in [-0.15, -0.1) is 11.3 Å². The Kier molecular flexibility index (Phi) is 5.15. The van der Waals surface area contributed by atoms with Crippen molar-refractivity contribution in [2.75, 3.05) is 5.75 Å². The number of aryl methyl sites for hydroxylation is 1. The van der Waals surface area contributed by atoms with Gasteiger partial charge in [0.2, 0.25) is 10.0 Å². The first-order valence-electron chi connectivity index (χ1n) is 5.80. The molecule has 0 spiro atoms. The van der Waals surface area contributed by atoms with E-state index in [2.05, 4.69) is 20.7 Å². The van der Waals surface area contributed by atoms with E-state index in [1.54, 1.807) is 0 Å². The van der Waals surface area contributed by atoms with Crippen LogP contribution in [0.4, 0.5) is 0 Å². The Balaban J connectivity index is 1.87. The summed E-state index contributed by atoms with van der Waals surface area (Å²) in [5.74, 6) is 0.111. The standard InChI is InChI=1S/C13H14BrNO2S2/c14-12-6-8-18-13(12)10-15-19(16,17)9-7-11-4-2-1-3-5-11/h1-6,8,15H,7,9-10H2. The second-order valence-corrected chi connectivity index (χ2v) is 7.85. The van der Waals surface area contributed by atoms with Crippen molar-refractivity contribution >= 4 is 37.3 Å². The lowest BCUT2D eigenvalue weighted by Gasteiger charge is -2.06. The molecule has 0 amide bonds. The number of sulfonamides is 1. The molecule has 0 atom stereocenters. The highest BCUT2D eigenvalue weighted by Gasteiger charge is 2.11. The van der Waals surface area contributed by atoms with E-state index in [1.807, 2.05) is 41.8 Å². The molecule has 0 saturated carbocycles. The lowest BCUT2D eigenvalue weighted by molar-refractivity contribution is 0.581. The van der Waals surface area contributed by atoms with E-state index >= 15 is 0 Å². The molecule has 0 bridgehead atoms. The number of hydrogen-bond acceptors (Lipinski definition) is 3. The number of rotatable bonds is 6. The fraction of sp³-hybridized carbons (Fsp3) is 0.231. The molecule has 2 rings (SSSR count). The van der Waals surface area contributed by atoms with Gasteiger partial charge in [-0.25, -0.2) is 13.1 Å². The van der Waals surface area contributed by atoms with Crippen LogP contribution in [0.3, 0.4) is 0 Å². The van der Waals surface area contributed by atoms with Crippen molar-refractivity contribution in [1.29, 1.82) is 0 Å². The number of halogens is 1. The highest BCUT2D eigenvalue weighted by atomic mass is 79.9. The summed E-state index contributed by atoms with van der Waals surface area (Å²) in [7, 11) is -3.24. The number of benzene rings is 1. The minimum atomic E-state index is -3.24. The predicted octanol–water partition coefficient (Wildman–Crippen LogP) is 3.17. The van der Waals surface area contributed by atoms with Crippen molar-refractivity contribution in [3.05, 3.63) is 56.7 Å². The van der Waals surface area contributed by atoms with Crippen molar-refractivity contribution in [3.8, 4) is 0 Å². The maximum absolute atomic E-state index is 11.9. The van der Waals surface area contributed by atoms with Gasteiger partial charge in [0.1, 0.15) is 0 Å². The molecule has 6 heteroatoms. The average molecular weight is 360 g/mol. The van der Waals surface area contributed by atoms with Gasteiger partial charge in [0.05, 0.1) is 5.75 Å². The molecule has 3 nitrogen and oxygen atoms in total. The van der Waals surface area contributed by atoms with Crippen molar-refractivity contribution in [2.45, 2.75) is 13.0 Å². The summed E-state index contributed by atoms with van der Waals surface area (Å²) >= 11 is 4.92. The summed E-state index contributed by atoms with van der Waals surface area (Å²) in [6.07, 6.45) is 0.530. The zero-order valence-electron chi connectivity index (χ0n) is 10.2. The fourth-order valence-electron chi connectivity index (χ4n) is 1.60. The van der Waals surface area contributed by atoms with Crippen LogP contribution in [0.5, 0.6) is 0 Å². The van der Waals surface area contributed by atoms with Gasteiger partial charge < -0.3 is 0 Å². The summed E-state index contributed by atoms with van der Waals surface area (Å²) in [6, 6.07) is 11.5. The van der Waals surface area contributed by atoms with Crippen LogP contribution in [-0.2, 0) is 23.0 Å². The van der Waals surface area contributed by atoms with Gasteiger partial charge in [-0.2, -0.15) is 0 Å². The third kappa shape index (κ3) is 4.72. The smallest absolute Gasteiger partial charge is 0.212 e. The lowest BCUT2D eigenvalue weighted by Crippen LogP contribution is -2.26. The lowest BCUT2D eigenvalue weighted by atomic mass is 10.2. The van der Waals surface area contributed by atoms with E-state index in [4.69, 9.17) is 0 Å². The largest absolute Gasteiger partial charge is 0.212 e. The molecule has 19 heavy (non-hydrogen) atoms. The van der Waals surface area contributed by atoms with Gasteiger partial charge in [0.15, 0.2) is 0 Å². The van der Waals surface area contributed by atoms with Crippen LogP contribution in [0.1, 0.15) is 10.4 Å². The van der Waals surface area contributed by atoms with Gasteiger partial charge in [0, 0.05) is 15.9 Å². The van der Waals surface area contributed by atoms with Crippen molar-refractivity contribution < 1.29 is 8.42 Å². The molecule has 0 fully saturated rings. The molecule has 102 valence electrons. The molecule has 0 aliphatic carbocycles. The SMILES string of the molecule is O=S(=O)(CCc1ccccc1)NCc1sccc1Br. The van der Waals surface area contributed by atoms with Gasteiger partial charge in [-0.3, -0.25) is 0 Å². The minimum Gasteiger partial charge on any atom is -0.212 e. The molecular weight excluding hydrogens is 346 g/mol. The summed E-state index contributed by atoms with van der Waals surface area (Å²) in [5, 5.41) is 1.93. The van der Waals surface area contributed by atoms with Crippen LogP contribution >= 0.6 is 27.3 Å². The first kappa shape index (κ1) is 14.7. The Labute approximate surface area is 125 Å². The topological polar surface area (TPSA) is 46.2 Å². The molecule has 1 N–H and O–H groups in total. The second-order valence-electron chi connectivity index (χ2n) is 4.07. The van der Waals surface area contributed by atoms with Gasteiger partial charge >= 0.3 is 0 Å². The summed E-state index contributed by atoms with van der Waals surface area (Å²) in [4.78, 5) is 0.989. The van der Waals surface area contributed by atoms with Gasteiger partial charge in [-0.05, 0) is 39.4 Å². The first-order valence-corrected chi connectivity index (χ1v) is 9.12. The van der Waals surface area contributed by atoms with E-state index in [0.29, 0.717) is 13.0 Å². The third-order valence-corrected chi connectivity index (χ3v) is 5.90. The Hall–Kier alpha value is -0.690. The normalized spacial score (nSPS) is 11.6. The van der Waals surface area contributed by atoms with Crippen LogP contribution < -0.4 is 4.72 Å². The van der Waals surface area contributed by atoms with Crippen LogP contribution in [0, 0.1) is 0 Å². The average Bonchev–Trinajstić information content (AvgIpc) is 2.81. The Morgan fingerprint density at radius 3 is 2.53 bits per heavy atom. The Bertz CT molecular complexity index is 623.